The van der Waals surface area contributed by atoms with Gasteiger partial charge in [-0.15, -0.1) is 0 Å². The molecule has 0 radical (unpaired) electrons. The summed E-state index contributed by atoms with van der Waals surface area (Å²) < 4.78 is 10.8. The molecule has 0 aliphatic heterocycles. The highest BCUT2D eigenvalue weighted by Crippen LogP contribution is 2.21. The molecule has 2 N–H and O–H groups in total. The highest BCUT2D eigenvalue weighted by atomic mass is 16.5. The summed E-state index contributed by atoms with van der Waals surface area (Å²) in [7, 11) is 1.57. The number of aromatic amines is 1. The van der Waals surface area contributed by atoms with Gasteiger partial charge in [0, 0.05) is 11.5 Å². The Hall–Kier alpha value is -3.68. The van der Waals surface area contributed by atoms with Crippen molar-refractivity contribution in [3.05, 3.63) is 64.4 Å². The van der Waals surface area contributed by atoms with E-state index in [0.717, 1.165) is 0 Å². The van der Waals surface area contributed by atoms with Crippen LogP contribution in [0.4, 0.5) is 0 Å². The predicted octanol–water partition coefficient (Wildman–Crippen LogP) is 2.00. The Labute approximate surface area is 146 Å². The number of carbonyl (C=O) groups excluding carboxylic acids is 1. The fourth-order valence-corrected chi connectivity index (χ4v) is 2.68. The van der Waals surface area contributed by atoms with E-state index in [-0.39, 0.29) is 17.8 Å². The van der Waals surface area contributed by atoms with E-state index in [1.165, 1.54) is 0 Å². The summed E-state index contributed by atoms with van der Waals surface area (Å²) >= 11 is 0. The lowest BCUT2D eigenvalue weighted by atomic mass is 10.1. The molecule has 0 spiro atoms. The number of aromatic nitrogens is 3. The number of rotatable bonds is 4. The van der Waals surface area contributed by atoms with Gasteiger partial charge in [0.25, 0.3) is 11.5 Å². The van der Waals surface area contributed by atoms with Crippen LogP contribution < -0.4 is 15.6 Å². The topological polar surface area (TPSA) is 110 Å². The molecule has 130 valence electrons. The number of methoxy groups -OCH3 is 1. The molecule has 0 atom stereocenters. The van der Waals surface area contributed by atoms with E-state index in [4.69, 9.17) is 9.15 Å². The van der Waals surface area contributed by atoms with Crippen molar-refractivity contribution in [3.63, 3.8) is 0 Å². The molecule has 2 aromatic carbocycles. The maximum Gasteiger partial charge on any atom is 0.272 e. The van der Waals surface area contributed by atoms with Gasteiger partial charge in [0.05, 0.1) is 19.0 Å². The van der Waals surface area contributed by atoms with E-state index in [0.29, 0.717) is 33.5 Å². The van der Waals surface area contributed by atoms with Crippen LogP contribution in [0.15, 0.2) is 51.7 Å². The van der Waals surface area contributed by atoms with E-state index >= 15 is 0 Å². The van der Waals surface area contributed by atoms with E-state index < -0.39 is 5.91 Å². The van der Waals surface area contributed by atoms with Crippen molar-refractivity contribution in [2.75, 3.05) is 7.11 Å². The highest BCUT2D eigenvalue weighted by Gasteiger charge is 2.15. The molecule has 4 aromatic rings. The lowest BCUT2D eigenvalue weighted by Gasteiger charge is -2.04. The van der Waals surface area contributed by atoms with E-state index in [9.17, 15) is 9.59 Å². The van der Waals surface area contributed by atoms with Crippen molar-refractivity contribution in [2.45, 2.75) is 6.54 Å². The highest BCUT2D eigenvalue weighted by molar-refractivity contribution is 6.04. The number of nitrogens with zero attached hydrogens (tertiary/aromatic N) is 2. The average Bonchev–Trinajstić information content (AvgIpc) is 3.08. The number of amides is 1. The van der Waals surface area contributed by atoms with Crippen LogP contribution >= 0.6 is 0 Å². The number of H-pyrrole nitrogens is 1. The number of hydrogen-bond acceptors (Lipinski definition) is 6. The second-order valence-electron chi connectivity index (χ2n) is 5.57. The predicted molar refractivity (Wildman–Crippen MR) is 94.1 cm³/mol. The van der Waals surface area contributed by atoms with Gasteiger partial charge in [-0.25, -0.2) is 10.1 Å². The molecule has 2 heterocycles. The number of nitrogens with one attached hydrogen (secondary N) is 2. The first-order valence-corrected chi connectivity index (χ1v) is 7.85. The van der Waals surface area contributed by atoms with Crippen molar-refractivity contribution >= 4 is 27.8 Å². The number of hydrogen-bond donors (Lipinski definition) is 2. The fraction of sp³-hybridized carbons (Fsp3) is 0.111. The molecule has 4 rings (SSSR count). The second-order valence-corrected chi connectivity index (χ2v) is 5.57. The van der Waals surface area contributed by atoms with Crippen molar-refractivity contribution < 1.29 is 13.9 Å². The smallest absolute Gasteiger partial charge is 0.272 e. The van der Waals surface area contributed by atoms with Crippen LogP contribution in [0.3, 0.4) is 0 Å². The van der Waals surface area contributed by atoms with E-state index in [1.54, 1.807) is 49.6 Å². The van der Waals surface area contributed by atoms with Crippen LogP contribution in [0.25, 0.3) is 21.9 Å². The van der Waals surface area contributed by atoms with Crippen molar-refractivity contribution in [2.24, 2.45) is 0 Å². The molecule has 0 aliphatic rings. The molecule has 0 bridgehead atoms. The first kappa shape index (κ1) is 15.8. The number of oxazole rings is 1. The van der Waals surface area contributed by atoms with Gasteiger partial charge in [-0.1, -0.05) is 18.2 Å². The molecule has 0 aliphatic carbocycles. The normalized spacial score (nSPS) is 11.0. The minimum Gasteiger partial charge on any atom is -0.497 e. The largest absolute Gasteiger partial charge is 0.497 e. The molecule has 2 aromatic heterocycles. The number of benzene rings is 2. The summed E-state index contributed by atoms with van der Waals surface area (Å²) in [5.41, 5.74) is 1.03. The van der Waals surface area contributed by atoms with E-state index in [2.05, 4.69) is 20.5 Å². The van der Waals surface area contributed by atoms with Gasteiger partial charge in [0.15, 0.2) is 11.3 Å². The Morgan fingerprint density at radius 2 is 2.04 bits per heavy atom. The summed E-state index contributed by atoms with van der Waals surface area (Å²) in [6.07, 6.45) is 0. The van der Waals surface area contributed by atoms with Crippen molar-refractivity contribution in [1.29, 1.82) is 0 Å². The standard InChI is InChI=1S/C18H14N4O4/c1-25-10-6-7-14-13(8-10)20-15(26-14)9-19-18(24)16-11-4-2-3-5-12(11)17(23)22-21-16/h2-8H,9H2,1H3,(H,19,24)(H,22,23). The SMILES string of the molecule is COc1ccc2oc(CNC(=O)c3n[nH]c(=O)c4ccccc34)nc2c1. The molecule has 0 unspecified atom stereocenters. The van der Waals surface area contributed by atoms with Crippen LogP contribution in [0.2, 0.25) is 0 Å². The quantitative estimate of drug-likeness (QED) is 0.582. The van der Waals surface area contributed by atoms with Crippen LogP contribution in [0.5, 0.6) is 5.75 Å². The van der Waals surface area contributed by atoms with Gasteiger partial charge < -0.3 is 14.5 Å². The van der Waals surface area contributed by atoms with Crippen LogP contribution in [-0.4, -0.2) is 28.2 Å². The first-order valence-electron chi connectivity index (χ1n) is 7.85. The van der Waals surface area contributed by atoms with Crippen LogP contribution in [0.1, 0.15) is 16.4 Å². The lowest BCUT2D eigenvalue weighted by Crippen LogP contribution is -2.26. The average molecular weight is 350 g/mol. The van der Waals surface area contributed by atoms with Gasteiger partial charge >= 0.3 is 0 Å². The number of carbonyl (C=O) groups is 1. The summed E-state index contributed by atoms with van der Waals surface area (Å²) in [5.74, 6) is 0.595. The number of fused-ring (bicyclic) bond motifs is 2. The Morgan fingerprint density at radius 3 is 2.85 bits per heavy atom. The lowest BCUT2D eigenvalue weighted by molar-refractivity contribution is 0.0943. The molecule has 8 nitrogen and oxygen atoms in total. The summed E-state index contributed by atoms with van der Waals surface area (Å²) in [4.78, 5) is 28.6. The fourth-order valence-electron chi connectivity index (χ4n) is 2.68. The van der Waals surface area contributed by atoms with Gasteiger partial charge in [0.2, 0.25) is 5.89 Å². The Balaban J connectivity index is 1.58. The van der Waals surface area contributed by atoms with Gasteiger partial charge in [-0.3, -0.25) is 9.59 Å². The van der Waals surface area contributed by atoms with Crippen LogP contribution in [-0.2, 0) is 6.54 Å². The van der Waals surface area contributed by atoms with Gasteiger partial charge in [-0.2, -0.15) is 5.10 Å². The third-order valence-corrected chi connectivity index (χ3v) is 3.95. The molecule has 0 saturated carbocycles. The zero-order valence-corrected chi connectivity index (χ0v) is 13.8. The molecule has 8 heteroatoms. The first-order chi connectivity index (χ1) is 12.7. The second kappa shape index (κ2) is 6.32. The molecular weight excluding hydrogens is 336 g/mol. The summed E-state index contributed by atoms with van der Waals surface area (Å²) in [6.45, 7) is 0.0883. The van der Waals surface area contributed by atoms with Crippen LogP contribution in [0, 0.1) is 0 Å². The minimum absolute atomic E-state index is 0.0883. The molecular formula is C18H14N4O4. The van der Waals surface area contributed by atoms with Gasteiger partial charge in [-0.05, 0) is 18.2 Å². The Bertz CT molecular complexity index is 1180. The maximum absolute atomic E-state index is 12.5. The summed E-state index contributed by atoms with van der Waals surface area (Å²) in [5, 5.41) is 9.80. The van der Waals surface area contributed by atoms with E-state index in [1.807, 2.05) is 0 Å². The monoisotopic (exact) mass is 350 g/mol. The maximum atomic E-state index is 12.5. The molecule has 1 amide bonds. The molecule has 0 saturated heterocycles. The summed E-state index contributed by atoms with van der Waals surface area (Å²) in [6, 6.07) is 12.1. The van der Waals surface area contributed by atoms with Gasteiger partial charge in [0.1, 0.15) is 11.3 Å². The number of ether oxygens (including phenoxy) is 1. The zero-order valence-electron chi connectivity index (χ0n) is 13.8. The Kier molecular flexibility index (Phi) is 3.85. The van der Waals surface area contributed by atoms with Crippen molar-refractivity contribution in [3.8, 4) is 5.75 Å². The minimum atomic E-state index is -0.433. The molecule has 0 fully saturated rings. The zero-order chi connectivity index (χ0) is 18.1. The third kappa shape index (κ3) is 2.77. The Morgan fingerprint density at radius 1 is 1.23 bits per heavy atom. The molecule has 26 heavy (non-hydrogen) atoms. The van der Waals surface area contributed by atoms with Crippen molar-refractivity contribution in [1.82, 2.24) is 20.5 Å². The third-order valence-electron chi connectivity index (χ3n) is 3.95.